The first-order valence-corrected chi connectivity index (χ1v) is 6.69. The zero-order valence-corrected chi connectivity index (χ0v) is 9.71. The van der Waals surface area contributed by atoms with Gasteiger partial charge in [-0.1, -0.05) is 6.92 Å². The molecular formula is C10H13N3O2S. The average molecular weight is 239 g/mol. The van der Waals surface area contributed by atoms with Crippen LogP contribution >= 0.6 is 0 Å². The zero-order chi connectivity index (χ0) is 11.6. The van der Waals surface area contributed by atoms with Gasteiger partial charge in [0.25, 0.3) is 0 Å². The van der Waals surface area contributed by atoms with Crippen molar-refractivity contribution in [3.63, 3.8) is 0 Å². The van der Waals surface area contributed by atoms with Gasteiger partial charge in [0, 0.05) is 0 Å². The van der Waals surface area contributed by atoms with E-state index in [1.54, 1.807) is 24.5 Å². The van der Waals surface area contributed by atoms with E-state index in [0.717, 1.165) is 11.0 Å². The van der Waals surface area contributed by atoms with Gasteiger partial charge in [0.15, 0.2) is 0 Å². The Morgan fingerprint density at radius 3 is 3.00 bits per heavy atom. The topological polar surface area (TPSA) is 74.8 Å². The van der Waals surface area contributed by atoms with Gasteiger partial charge in [0.2, 0.25) is 10.0 Å². The van der Waals surface area contributed by atoms with Gasteiger partial charge >= 0.3 is 0 Å². The first-order chi connectivity index (χ1) is 7.61. The van der Waals surface area contributed by atoms with Gasteiger partial charge in [-0.2, -0.15) is 0 Å². The molecule has 16 heavy (non-hydrogen) atoms. The van der Waals surface area contributed by atoms with E-state index in [2.05, 4.69) is 14.7 Å². The number of benzene rings is 1. The van der Waals surface area contributed by atoms with Crippen LogP contribution in [0, 0.1) is 0 Å². The minimum Gasteiger partial charge on any atom is -0.345 e. The second-order valence-electron chi connectivity index (χ2n) is 3.56. The number of aromatic amines is 1. The molecule has 0 saturated heterocycles. The monoisotopic (exact) mass is 239 g/mol. The van der Waals surface area contributed by atoms with E-state index in [0.29, 0.717) is 12.1 Å². The molecule has 86 valence electrons. The van der Waals surface area contributed by atoms with Gasteiger partial charge in [-0.15, -0.1) is 0 Å². The molecule has 1 aromatic carbocycles. The number of fused-ring (bicyclic) bond motifs is 1. The predicted octanol–water partition coefficient (Wildman–Crippen LogP) is 1.71. The fraction of sp³-hybridized carbons (Fsp3) is 0.300. The van der Waals surface area contributed by atoms with Crippen LogP contribution in [0.3, 0.4) is 0 Å². The molecule has 0 atom stereocenters. The lowest BCUT2D eigenvalue weighted by molar-refractivity contribution is 0.600. The minimum absolute atomic E-state index is 0.133. The molecule has 0 amide bonds. The van der Waals surface area contributed by atoms with Crippen molar-refractivity contribution < 1.29 is 8.42 Å². The molecule has 2 aromatic rings. The summed E-state index contributed by atoms with van der Waals surface area (Å²) in [4.78, 5) is 6.99. The Balaban J connectivity index is 2.27. The Bertz CT molecular complexity index is 589. The van der Waals surface area contributed by atoms with Crippen LogP contribution in [0.2, 0.25) is 0 Å². The van der Waals surface area contributed by atoms with Gasteiger partial charge in [0.1, 0.15) is 0 Å². The normalized spacial score (nSPS) is 11.8. The van der Waals surface area contributed by atoms with E-state index >= 15 is 0 Å². The highest BCUT2D eigenvalue weighted by atomic mass is 32.2. The SMILES string of the molecule is CCCS(=O)(=O)Nc1ccc2nc[nH]c2c1. The number of anilines is 1. The van der Waals surface area contributed by atoms with E-state index < -0.39 is 10.0 Å². The van der Waals surface area contributed by atoms with Crippen LogP contribution in [-0.2, 0) is 10.0 Å². The number of hydrogen-bond acceptors (Lipinski definition) is 3. The number of hydrogen-bond donors (Lipinski definition) is 2. The van der Waals surface area contributed by atoms with Crippen molar-refractivity contribution in [2.75, 3.05) is 10.5 Å². The smallest absolute Gasteiger partial charge is 0.232 e. The van der Waals surface area contributed by atoms with Crippen molar-refractivity contribution in [3.05, 3.63) is 24.5 Å². The van der Waals surface area contributed by atoms with Crippen molar-refractivity contribution in [2.45, 2.75) is 13.3 Å². The fourth-order valence-electron chi connectivity index (χ4n) is 1.50. The summed E-state index contributed by atoms with van der Waals surface area (Å²) in [5, 5.41) is 0. The molecule has 2 rings (SSSR count). The Morgan fingerprint density at radius 2 is 2.25 bits per heavy atom. The Labute approximate surface area is 93.9 Å². The first-order valence-electron chi connectivity index (χ1n) is 5.04. The summed E-state index contributed by atoms with van der Waals surface area (Å²) >= 11 is 0. The maximum atomic E-state index is 11.5. The third-order valence-corrected chi connectivity index (χ3v) is 3.66. The number of H-pyrrole nitrogens is 1. The number of nitrogens with one attached hydrogen (secondary N) is 2. The summed E-state index contributed by atoms with van der Waals surface area (Å²) < 4.78 is 25.6. The van der Waals surface area contributed by atoms with Crippen molar-refractivity contribution in [3.8, 4) is 0 Å². The van der Waals surface area contributed by atoms with Crippen LogP contribution in [0.1, 0.15) is 13.3 Å². The van der Waals surface area contributed by atoms with E-state index in [9.17, 15) is 8.42 Å². The molecule has 0 fully saturated rings. The lowest BCUT2D eigenvalue weighted by atomic mass is 10.3. The molecule has 0 radical (unpaired) electrons. The van der Waals surface area contributed by atoms with Crippen LogP contribution in [0.15, 0.2) is 24.5 Å². The minimum atomic E-state index is -3.22. The van der Waals surface area contributed by atoms with Gasteiger partial charge in [-0.05, 0) is 24.6 Å². The standard InChI is InChI=1S/C10H13N3O2S/c1-2-5-16(14,15)13-8-3-4-9-10(6-8)12-7-11-9/h3-4,6-7,13H,2,5H2,1H3,(H,11,12). The molecule has 0 spiro atoms. The zero-order valence-electron chi connectivity index (χ0n) is 8.90. The predicted molar refractivity (Wildman–Crippen MR) is 63.8 cm³/mol. The summed E-state index contributed by atoms with van der Waals surface area (Å²) in [5.74, 6) is 0.133. The number of imidazole rings is 1. The summed E-state index contributed by atoms with van der Waals surface area (Å²) in [7, 11) is -3.22. The number of nitrogens with zero attached hydrogens (tertiary/aromatic N) is 1. The number of sulfonamides is 1. The van der Waals surface area contributed by atoms with Crippen LogP contribution < -0.4 is 4.72 Å². The van der Waals surface area contributed by atoms with E-state index in [1.807, 2.05) is 6.92 Å². The molecule has 2 N–H and O–H groups in total. The fourth-order valence-corrected chi connectivity index (χ4v) is 2.62. The van der Waals surface area contributed by atoms with Gasteiger partial charge in [0.05, 0.1) is 28.8 Å². The second-order valence-corrected chi connectivity index (χ2v) is 5.40. The first kappa shape index (κ1) is 10.9. The molecular weight excluding hydrogens is 226 g/mol. The lowest BCUT2D eigenvalue weighted by Crippen LogP contribution is -2.15. The van der Waals surface area contributed by atoms with Gasteiger partial charge in [-0.25, -0.2) is 13.4 Å². The molecule has 0 aliphatic heterocycles. The highest BCUT2D eigenvalue weighted by Crippen LogP contribution is 2.16. The third-order valence-electron chi connectivity index (χ3n) is 2.17. The highest BCUT2D eigenvalue weighted by Gasteiger charge is 2.09. The molecule has 5 nitrogen and oxygen atoms in total. The van der Waals surface area contributed by atoms with Crippen molar-refractivity contribution in [1.29, 1.82) is 0 Å². The van der Waals surface area contributed by atoms with E-state index in [1.165, 1.54) is 0 Å². The molecule has 1 heterocycles. The quantitative estimate of drug-likeness (QED) is 0.853. The summed E-state index contributed by atoms with van der Waals surface area (Å²) in [6.07, 6.45) is 2.18. The highest BCUT2D eigenvalue weighted by molar-refractivity contribution is 7.92. The van der Waals surface area contributed by atoms with Crippen LogP contribution in [0.5, 0.6) is 0 Å². The van der Waals surface area contributed by atoms with Crippen LogP contribution in [-0.4, -0.2) is 24.1 Å². The molecule has 0 aliphatic carbocycles. The van der Waals surface area contributed by atoms with Crippen molar-refractivity contribution in [1.82, 2.24) is 9.97 Å². The Kier molecular flexibility index (Phi) is 2.82. The van der Waals surface area contributed by atoms with Crippen LogP contribution in [0.25, 0.3) is 11.0 Å². The van der Waals surface area contributed by atoms with Crippen molar-refractivity contribution >= 4 is 26.7 Å². The molecule has 1 aromatic heterocycles. The second kappa shape index (κ2) is 4.13. The molecule has 0 aliphatic rings. The average Bonchev–Trinajstić information content (AvgIpc) is 2.63. The molecule has 0 saturated carbocycles. The van der Waals surface area contributed by atoms with E-state index in [4.69, 9.17) is 0 Å². The molecule has 0 unspecified atom stereocenters. The maximum Gasteiger partial charge on any atom is 0.232 e. The largest absolute Gasteiger partial charge is 0.345 e. The van der Waals surface area contributed by atoms with Gasteiger partial charge < -0.3 is 4.98 Å². The number of aromatic nitrogens is 2. The third kappa shape index (κ3) is 2.33. The Hall–Kier alpha value is -1.56. The van der Waals surface area contributed by atoms with Crippen LogP contribution in [0.4, 0.5) is 5.69 Å². The lowest BCUT2D eigenvalue weighted by Gasteiger charge is -2.06. The number of rotatable bonds is 4. The van der Waals surface area contributed by atoms with E-state index in [-0.39, 0.29) is 5.75 Å². The van der Waals surface area contributed by atoms with Gasteiger partial charge in [-0.3, -0.25) is 4.72 Å². The molecule has 0 bridgehead atoms. The summed E-state index contributed by atoms with van der Waals surface area (Å²) in [6, 6.07) is 5.21. The molecule has 6 heteroatoms. The Morgan fingerprint density at radius 1 is 1.44 bits per heavy atom. The van der Waals surface area contributed by atoms with Crippen molar-refractivity contribution in [2.24, 2.45) is 0 Å². The summed E-state index contributed by atoms with van der Waals surface area (Å²) in [5.41, 5.74) is 2.19. The maximum absolute atomic E-state index is 11.5. The summed E-state index contributed by atoms with van der Waals surface area (Å²) in [6.45, 7) is 1.83.